The zero-order chi connectivity index (χ0) is 30.5. The average Bonchev–Trinajstić information content (AvgIpc) is 3.30. The molecule has 1 saturated heterocycles. The van der Waals surface area contributed by atoms with Crippen LogP contribution in [0.2, 0.25) is 0 Å². The number of esters is 1. The smallest absolute Gasteiger partial charge is 0.457 e. The van der Waals surface area contributed by atoms with E-state index in [1.165, 1.54) is 28.1 Å². The molecule has 3 heterocycles. The number of oxime groups is 1. The van der Waals surface area contributed by atoms with Crippen LogP contribution in [0.4, 0.5) is 9.93 Å². The third-order valence-electron chi connectivity index (χ3n) is 4.95. The first kappa shape index (κ1) is 31.6. The van der Waals surface area contributed by atoms with Crippen LogP contribution in [-0.2, 0) is 38.2 Å². The Labute approximate surface area is 244 Å². The third kappa shape index (κ3) is 8.29. The number of allylic oxidation sites excluding steroid dienone is 1. The van der Waals surface area contributed by atoms with Crippen molar-refractivity contribution in [3.05, 3.63) is 35.2 Å². The number of nitrogens with one attached hydrogen (secondary N) is 2. The van der Waals surface area contributed by atoms with E-state index in [-0.39, 0.29) is 22.4 Å². The number of hydrogen-bond acceptors (Lipinski definition) is 13. The number of anilines is 1. The summed E-state index contributed by atoms with van der Waals surface area (Å²) in [4.78, 5) is 72.0. The highest BCUT2D eigenvalue weighted by molar-refractivity contribution is 8.00. The molecule has 2 atom stereocenters. The summed E-state index contributed by atoms with van der Waals surface area (Å²) in [6, 6.07) is -1.02. The Balaban J connectivity index is 1.77. The number of amides is 3. The Morgan fingerprint density at radius 3 is 2.49 bits per heavy atom. The van der Waals surface area contributed by atoms with Crippen LogP contribution < -0.4 is 10.6 Å². The summed E-state index contributed by atoms with van der Waals surface area (Å²) in [5.74, 6) is -1.77. The number of rotatable bonds is 10. The number of aromatic nitrogens is 1. The van der Waals surface area contributed by atoms with Gasteiger partial charge in [0.15, 0.2) is 10.8 Å². The molecule has 41 heavy (non-hydrogen) atoms. The van der Waals surface area contributed by atoms with E-state index in [2.05, 4.69) is 27.4 Å². The van der Waals surface area contributed by atoms with Crippen LogP contribution in [0.5, 0.6) is 0 Å². The molecule has 1 aromatic rings. The van der Waals surface area contributed by atoms with E-state index in [4.69, 9.17) is 19.0 Å². The summed E-state index contributed by atoms with van der Waals surface area (Å²) in [5.41, 5.74) is -1.38. The van der Waals surface area contributed by atoms with Gasteiger partial charge in [-0.3, -0.25) is 19.3 Å². The number of thiazole rings is 1. The molecule has 0 saturated carbocycles. The van der Waals surface area contributed by atoms with Crippen LogP contribution in [0.25, 0.3) is 0 Å². The van der Waals surface area contributed by atoms with Crippen molar-refractivity contribution in [1.82, 2.24) is 15.2 Å². The number of fused-ring (bicyclic) bond motifs is 1. The highest BCUT2D eigenvalue weighted by Gasteiger charge is 2.54. The molecular weight excluding hydrogens is 578 g/mol. The first-order valence-corrected chi connectivity index (χ1v) is 14.2. The molecule has 16 heteroatoms. The van der Waals surface area contributed by atoms with Gasteiger partial charge in [-0.2, -0.15) is 0 Å². The molecular formula is C25H31N5O9S2. The van der Waals surface area contributed by atoms with Crippen LogP contribution in [-0.4, -0.2) is 80.9 Å². The SMILES string of the molecule is C=CC1=C(OC(=O)OC(C)(C)C)N2C(=O)[C@@H](NC(=O)/C(=N\OCC(=O)OC(C)(C)C)c3csc(NC=O)n3)[C@@H]2SC1. The molecule has 0 bridgehead atoms. The summed E-state index contributed by atoms with van der Waals surface area (Å²) >= 11 is 2.34. The van der Waals surface area contributed by atoms with Crippen molar-refractivity contribution in [2.45, 2.75) is 64.2 Å². The van der Waals surface area contributed by atoms with Crippen molar-refractivity contribution in [2.24, 2.45) is 5.16 Å². The zero-order valence-corrected chi connectivity index (χ0v) is 25.0. The first-order chi connectivity index (χ1) is 19.1. The molecule has 14 nitrogen and oxygen atoms in total. The predicted molar refractivity (Wildman–Crippen MR) is 150 cm³/mol. The fourth-order valence-corrected chi connectivity index (χ4v) is 5.39. The quantitative estimate of drug-likeness (QED) is 0.131. The van der Waals surface area contributed by atoms with E-state index >= 15 is 0 Å². The highest BCUT2D eigenvalue weighted by atomic mass is 32.2. The van der Waals surface area contributed by atoms with Gasteiger partial charge in [0.1, 0.15) is 28.3 Å². The summed E-state index contributed by atoms with van der Waals surface area (Å²) in [6.07, 6.45) is 0.905. The van der Waals surface area contributed by atoms with E-state index in [0.29, 0.717) is 17.7 Å². The molecule has 0 unspecified atom stereocenters. The van der Waals surface area contributed by atoms with Crippen LogP contribution >= 0.6 is 23.1 Å². The molecule has 0 radical (unpaired) electrons. The zero-order valence-electron chi connectivity index (χ0n) is 23.3. The largest absolute Gasteiger partial charge is 0.515 e. The van der Waals surface area contributed by atoms with Gasteiger partial charge in [0.05, 0.1) is 0 Å². The molecule has 2 N–H and O–H groups in total. The number of carbonyl (C=O) groups is 5. The first-order valence-electron chi connectivity index (χ1n) is 12.2. The van der Waals surface area contributed by atoms with E-state index < -0.39 is 53.2 Å². The van der Waals surface area contributed by atoms with Gasteiger partial charge in [-0.05, 0) is 41.5 Å². The minimum atomic E-state index is -1.02. The highest BCUT2D eigenvalue weighted by Crippen LogP contribution is 2.41. The second kappa shape index (κ2) is 12.7. The Bertz CT molecular complexity index is 1290. The van der Waals surface area contributed by atoms with Gasteiger partial charge >= 0.3 is 12.1 Å². The van der Waals surface area contributed by atoms with E-state index in [9.17, 15) is 24.0 Å². The van der Waals surface area contributed by atoms with Crippen LogP contribution in [0.1, 0.15) is 47.2 Å². The van der Waals surface area contributed by atoms with Gasteiger partial charge in [0, 0.05) is 16.7 Å². The lowest BCUT2D eigenvalue weighted by Gasteiger charge is -2.49. The number of nitrogens with zero attached hydrogens (tertiary/aromatic N) is 3. The molecule has 0 spiro atoms. The van der Waals surface area contributed by atoms with Crippen LogP contribution in [0.3, 0.4) is 0 Å². The van der Waals surface area contributed by atoms with Gasteiger partial charge in [-0.25, -0.2) is 14.6 Å². The monoisotopic (exact) mass is 609 g/mol. The van der Waals surface area contributed by atoms with Crippen molar-refractivity contribution >= 4 is 64.3 Å². The third-order valence-corrected chi connectivity index (χ3v) is 7.03. The maximum Gasteiger partial charge on any atom is 0.515 e. The molecule has 2 aliphatic heterocycles. The van der Waals surface area contributed by atoms with Crippen molar-refractivity contribution < 1.29 is 43.0 Å². The van der Waals surface area contributed by atoms with E-state index in [1.54, 1.807) is 41.5 Å². The maximum absolute atomic E-state index is 13.3. The fourth-order valence-electron chi connectivity index (χ4n) is 3.42. The minimum Gasteiger partial charge on any atom is -0.457 e. The van der Waals surface area contributed by atoms with E-state index in [0.717, 1.165) is 11.3 Å². The lowest BCUT2D eigenvalue weighted by Crippen LogP contribution is -2.70. The van der Waals surface area contributed by atoms with Gasteiger partial charge in [0.25, 0.3) is 11.8 Å². The number of ether oxygens (including phenoxy) is 3. The molecule has 1 aromatic heterocycles. The molecule has 0 aromatic carbocycles. The lowest BCUT2D eigenvalue weighted by molar-refractivity contribution is -0.160. The lowest BCUT2D eigenvalue weighted by atomic mass is 10.1. The summed E-state index contributed by atoms with van der Waals surface area (Å²) in [6.45, 7) is 13.2. The van der Waals surface area contributed by atoms with Crippen molar-refractivity contribution in [3.8, 4) is 0 Å². The average molecular weight is 610 g/mol. The predicted octanol–water partition coefficient (Wildman–Crippen LogP) is 2.52. The molecule has 1 fully saturated rings. The topological polar surface area (TPSA) is 175 Å². The molecule has 222 valence electrons. The van der Waals surface area contributed by atoms with Crippen LogP contribution in [0.15, 0.2) is 34.6 Å². The minimum absolute atomic E-state index is 0.0211. The van der Waals surface area contributed by atoms with Gasteiger partial charge in [-0.1, -0.05) is 17.8 Å². The summed E-state index contributed by atoms with van der Waals surface area (Å²) < 4.78 is 15.7. The van der Waals surface area contributed by atoms with Gasteiger partial charge < -0.3 is 29.7 Å². The number of hydrogen-bond donors (Lipinski definition) is 2. The molecule has 3 rings (SSSR count). The summed E-state index contributed by atoms with van der Waals surface area (Å²) in [5, 5.41) is 9.77. The molecule has 3 amide bonds. The Morgan fingerprint density at radius 2 is 1.88 bits per heavy atom. The van der Waals surface area contributed by atoms with Crippen molar-refractivity contribution in [1.29, 1.82) is 0 Å². The Morgan fingerprint density at radius 1 is 1.20 bits per heavy atom. The van der Waals surface area contributed by atoms with Crippen molar-refractivity contribution in [3.63, 3.8) is 0 Å². The van der Waals surface area contributed by atoms with Crippen molar-refractivity contribution in [2.75, 3.05) is 17.7 Å². The number of thioether (sulfide) groups is 1. The van der Waals surface area contributed by atoms with E-state index in [1.807, 2.05) is 0 Å². The normalized spacial score (nSPS) is 18.9. The van der Waals surface area contributed by atoms with Crippen LogP contribution in [0, 0.1) is 0 Å². The molecule has 2 aliphatic rings. The second-order valence-corrected chi connectivity index (χ2v) is 12.5. The maximum atomic E-state index is 13.3. The Kier molecular flexibility index (Phi) is 9.81. The van der Waals surface area contributed by atoms with Gasteiger partial charge in [0.2, 0.25) is 18.9 Å². The fraction of sp³-hybridized carbons (Fsp3) is 0.480. The Hall–Kier alpha value is -3.92. The summed E-state index contributed by atoms with van der Waals surface area (Å²) in [7, 11) is 0. The molecule has 0 aliphatic carbocycles. The second-order valence-electron chi connectivity index (χ2n) is 10.6. The number of carbonyl (C=O) groups excluding carboxylic acids is 5. The number of β-lactam (4-membered cyclic amide) rings is 1. The van der Waals surface area contributed by atoms with Gasteiger partial charge in [-0.15, -0.1) is 23.1 Å². The standard InChI is InChI=1S/C25H31N5O9S2/c1-8-13-10-40-21-17(19(34)30(21)20(13)37-23(35)39-25(5,6)7)28-18(33)16(14-11-41-22(27-14)26-12-31)29-36-9-15(32)38-24(2,3)4/h8,11-12,17,21H,1,9-10H2,2-7H3,(H,28,33)(H,26,27,31)/b29-16-/t17-,21+/m1/s1.